The molecule has 5 nitrogen and oxygen atoms in total. The Hall–Kier alpha value is -0.910. The molecule has 1 aliphatic carbocycles. The van der Waals surface area contributed by atoms with Crippen LogP contribution in [0.1, 0.15) is 24.6 Å². The van der Waals surface area contributed by atoms with Crippen LogP contribution < -0.4 is 0 Å². The van der Waals surface area contributed by atoms with Gasteiger partial charge in [-0.2, -0.15) is 4.98 Å². The van der Waals surface area contributed by atoms with Crippen LogP contribution >= 0.6 is 0 Å². The predicted molar refractivity (Wildman–Crippen MR) is 44.8 cm³/mol. The topological polar surface area (TPSA) is 73.1 Å². The fourth-order valence-corrected chi connectivity index (χ4v) is 2.58. The molecule has 6 heteroatoms. The molecule has 1 aromatic rings. The third-order valence-corrected chi connectivity index (χ3v) is 4.33. The van der Waals surface area contributed by atoms with Crippen molar-refractivity contribution in [1.82, 2.24) is 10.1 Å². The molecule has 1 heterocycles. The second-order valence-electron chi connectivity index (χ2n) is 3.41. The third kappa shape index (κ3) is 1.16. The highest BCUT2D eigenvalue weighted by Gasteiger charge is 2.58. The Balaban J connectivity index is 2.48. The number of rotatable bonds is 2. The van der Waals surface area contributed by atoms with Crippen LogP contribution in [-0.4, -0.2) is 24.8 Å². The zero-order valence-corrected chi connectivity index (χ0v) is 8.26. The lowest BCUT2D eigenvalue weighted by Crippen LogP contribution is -2.19. The summed E-state index contributed by atoms with van der Waals surface area (Å²) in [7, 11) is -3.13. The van der Waals surface area contributed by atoms with Gasteiger partial charge in [0.1, 0.15) is 0 Å². The van der Waals surface area contributed by atoms with Gasteiger partial charge in [-0.1, -0.05) is 5.16 Å². The molecule has 1 aromatic heterocycles. The summed E-state index contributed by atoms with van der Waals surface area (Å²) in [6, 6.07) is 0. The zero-order chi connectivity index (χ0) is 9.69. The van der Waals surface area contributed by atoms with E-state index < -0.39 is 14.6 Å². The van der Waals surface area contributed by atoms with Gasteiger partial charge in [-0.05, 0) is 19.8 Å². The molecule has 0 atom stereocenters. The van der Waals surface area contributed by atoms with Gasteiger partial charge in [0.05, 0.1) is 0 Å². The quantitative estimate of drug-likeness (QED) is 0.694. The molecule has 0 aromatic carbocycles. The van der Waals surface area contributed by atoms with Crippen LogP contribution in [0.4, 0.5) is 0 Å². The van der Waals surface area contributed by atoms with Crippen LogP contribution in [-0.2, 0) is 14.6 Å². The number of sulfone groups is 1. The van der Waals surface area contributed by atoms with E-state index in [9.17, 15) is 8.42 Å². The van der Waals surface area contributed by atoms with E-state index in [0.717, 1.165) is 0 Å². The smallest absolute Gasteiger partial charge is 0.248 e. The molecule has 0 bridgehead atoms. The van der Waals surface area contributed by atoms with Crippen molar-refractivity contribution in [3.63, 3.8) is 0 Å². The van der Waals surface area contributed by atoms with Crippen molar-refractivity contribution in [3.8, 4) is 0 Å². The second kappa shape index (κ2) is 2.31. The van der Waals surface area contributed by atoms with Gasteiger partial charge >= 0.3 is 0 Å². The predicted octanol–water partition coefficient (Wildman–Crippen LogP) is 0.412. The number of aromatic nitrogens is 2. The Labute approximate surface area is 76.1 Å². The van der Waals surface area contributed by atoms with Gasteiger partial charge in [-0.25, -0.2) is 8.42 Å². The molecule has 0 unspecified atom stereocenters. The van der Waals surface area contributed by atoms with E-state index in [0.29, 0.717) is 18.7 Å². The minimum absolute atomic E-state index is 0.243. The third-order valence-electron chi connectivity index (χ3n) is 2.33. The normalized spacial score (nSPS) is 20.2. The van der Waals surface area contributed by atoms with Gasteiger partial charge in [0.2, 0.25) is 5.89 Å². The largest absolute Gasteiger partial charge is 0.338 e. The lowest BCUT2D eigenvalue weighted by Gasteiger charge is -2.05. The van der Waals surface area contributed by atoms with Crippen LogP contribution in [0.25, 0.3) is 0 Å². The van der Waals surface area contributed by atoms with Crippen LogP contribution in [0.3, 0.4) is 0 Å². The standard InChI is InChI=1S/C7H10N2O3S/c1-5-8-6(12-9-5)7(3-4-7)13(2,10)11/h3-4H2,1-2H3. The summed E-state index contributed by atoms with van der Waals surface area (Å²) >= 11 is 0. The first-order valence-electron chi connectivity index (χ1n) is 3.96. The van der Waals surface area contributed by atoms with E-state index in [1.165, 1.54) is 6.26 Å². The first-order valence-corrected chi connectivity index (χ1v) is 5.85. The highest BCUT2D eigenvalue weighted by Crippen LogP contribution is 2.51. The zero-order valence-electron chi connectivity index (χ0n) is 7.44. The van der Waals surface area contributed by atoms with Crippen LogP contribution in [0.2, 0.25) is 0 Å². The summed E-state index contributed by atoms with van der Waals surface area (Å²) in [6.45, 7) is 1.67. The molecule has 0 N–H and O–H groups in total. The van der Waals surface area contributed by atoms with E-state index in [4.69, 9.17) is 4.52 Å². The van der Waals surface area contributed by atoms with Crippen molar-refractivity contribution in [2.45, 2.75) is 24.5 Å². The Morgan fingerprint density at radius 2 is 2.08 bits per heavy atom. The molecule has 0 saturated heterocycles. The van der Waals surface area contributed by atoms with Crippen LogP contribution in [0.15, 0.2) is 4.52 Å². The molecular weight excluding hydrogens is 192 g/mol. The minimum Gasteiger partial charge on any atom is -0.338 e. The van der Waals surface area contributed by atoms with E-state index in [2.05, 4.69) is 10.1 Å². The van der Waals surface area contributed by atoms with E-state index in [1.807, 2.05) is 0 Å². The minimum atomic E-state index is -3.13. The number of hydrogen-bond donors (Lipinski definition) is 0. The van der Waals surface area contributed by atoms with Crippen LogP contribution in [0, 0.1) is 6.92 Å². The molecule has 0 spiro atoms. The Morgan fingerprint density at radius 1 is 1.46 bits per heavy atom. The van der Waals surface area contributed by atoms with Crippen molar-refractivity contribution >= 4 is 9.84 Å². The summed E-state index contributed by atoms with van der Waals surface area (Å²) in [5.41, 5.74) is 0. The van der Waals surface area contributed by atoms with Gasteiger partial charge in [0.25, 0.3) is 0 Å². The lowest BCUT2D eigenvalue weighted by molar-refractivity contribution is 0.365. The Morgan fingerprint density at radius 3 is 2.38 bits per heavy atom. The SMILES string of the molecule is Cc1noc(C2(S(C)(=O)=O)CC2)n1. The van der Waals surface area contributed by atoms with Gasteiger partial charge in [-0.15, -0.1) is 0 Å². The molecule has 0 radical (unpaired) electrons. The van der Waals surface area contributed by atoms with Crippen molar-refractivity contribution < 1.29 is 12.9 Å². The van der Waals surface area contributed by atoms with Gasteiger partial charge in [-0.3, -0.25) is 0 Å². The average Bonchev–Trinajstić information content (AvgIpc) is 2.70. The molecule has 1 aliphatic rings. The Bertz CT molecular complexity index is 430. The van der Waals surface area contributed by atoms with Gasteiger partial charge in [0, 0.05) is 6.26 Å². The lowest BCUT2D eigenvalue weighted by atomic mass is 10.4. The second-order valence-corrected chi connectivity index (χ2v) is 5.74. The average molecular weight is 202 g/mol. The molecule has 2 rings (SSSR count). The monoisotopic (exact) mass is 202 g/mol. The number of aryl methyl sites for hydroxylation is 1. The van der Waals surface area contributed by atoms with E-state index in [-0.39, 0.29) is 5.89 Å². The summed E-state index contributed by atoms with van der Waals surface area (Å²) in [5.74, 6) is 0.720. The fraction of sp³-hybridized carbons (Fsp3) is 0.714. The molecule has 1 saturated carbocycles. The molecule has 13 heavy (non-hydrogen) atoms. The summed E-state index contributed by atoms with van der Waals surface area (Å²) < 4.78 is 26.8. The highest BCUT2D eigenvalue weighted by atomic mass is 32.2. The first-order chi connectivity index (χ1) is 5.96. The molecule has 72 valence electrons. The van der Waals surface area contributed by atoms with Crippen molar-refractivity contribution in [1.29, 1.82) is 0 Å². The van der Waals surface area contributed by atoms with Gasteiger partial charge in [0.15, 0.2) is 20.4 Å². The van der Waals surface area contributed by atoms with Crippen molar-refractivity contribution in [2.24, 2.45) is 0 Å². The molecule has 0 aliphatic heterocycles. The van der Waals surface area contributed by atoms with Crippen molar-refractivity contribution in [2.75, 3.05) is 6.26 Å². The number of nitrogens with zero attached hydrogens (tertiary/aromatic N) is 2. The fourth-order valence-electron chi connectivity index (χ4n) is 1.34. The molecule has 1 fully saturated rings. The Kier molecular flexibility index (Phi) is 1.54. The maximum absolute atomic E-state index is 11.4. The summed E-state index contributed by atoms with van der Waals surface area (Å²) in [6.07, 6.45) is 2.39. The molecular formula is C7H10N2O3S. The van der Waals surface area contributed by atoms with Crippen molar-refractivity contribution in [3.05, 3.63) is 11.7 Å². The van der Waals surface area contributed by atoms with E-state index in [1.54, 1.807) is 6.92 Å². The maximum Gasteiger partial charge on any atom is 0.248 e. The van der Waals surface area contributed by atoms with Crippen LogP contribution in [0.5, 0.6) is 0 Å². The number of hydrogen-bond acceptors (Lipinski definition) is 5. The summed E-state index contributed by atoms with van der Waals surface area (Å²) in [5, 5.41) is 3.59. The van der Waals surface area contributed by atoms with Gasteiger partial charge < -0.3 is 4.52 Å². The highest BCUT2D eigenvalue weighted by molar-refractivity contribution is 7.91. The first kappa shape index (κ1) is 8.68. The maximum atomic E-state index is 11.4. The summed E-state index contributed by atoms with van der Waals surface area (Å²) in [4.78, 5) is 3.95. The van der Waals surface area contributed by atoms with E-state index >= 15 is 0 Å². The molecule has 0 amide bonds.